The zero-order valence-electron chi connectivity index (χ0n) is 12.7. The molecule has 0 saturated carbocycles. The first-order chi connectivity index (χ1) is 10.7. The lowest BCUT2D eigenvalue weighted by Crippen LogP contribution is -2.40. The Balaban J connectivity index is 1.49. The molecule has 1 aliphatic heterocycles. The number of likely N-dealkylation sites (tertiary alicyclic amines) is 1. The first-order valence-corrected chi connectivity index (χ1v) is 7.60. The molecule has 0 aromatic carbocycles. The van der Waals surface area contributed by atoms with Gasteiger partial charge in [0.2, 0.25) is 0 Å². The molecule has 1 fully saturated rings. The molecule has 0 unspecified atom stereocenters. The Kier molecular flexibility index (Phi) is 4.74. The van der Waals surface area contributed by atoms with E-state index in [4.69, 9.17) is 0 Å². The van der Waals surface area contributed by atoms with Gasteiger partial charge in [-0.1, -0.05) is 5.21 Å². The van der Waals surface area contributed by atoms with Gasteiger partial charge in [0, 0.05) is 12.6 Å². The third-order valence-corrected chi connectivity index (χ3v) is 3.99. The molecule has 3 rings (SSSR count). The highest BCUT2D eigenvalue weighted by atomic mass is 19.1. The molecule has 0 atom stereocenters. The van der Waals surface area contributed by atoms with Gasteiger partial charge in [0.15, 0.2) is 0 Å². The number of aromatic nitrogens is 4. The van der Waals surface area contributed by atoms with Gasteiger partial charge in [0.05, 0.1) is 30.3 Å². The largest absolute Gasteiger partial charge is 0.308 e. The molecule has 2 aromatic heterocycles. The Bertz CT molecular complexity index is 588. The lowest BCUT2D eigenvalue weighted by Gasteiger charge is -2.29. The number of piperidine rings is 1. The normalized spacial score (nSPS) is 17.0. The van der Waals surface area contributed by atoms with Gasteiger partial charge >= 0.3 is 0 Å². The molecule has 118 valence electrons. The van der Waals surface area contributed by atoms with E-state index in [9.17, 15) is 4.39 Å². The average molecular weight is 304 g/mol. The minimum atomic E-state index is -0.328. The zero-order chi connectivity index (χ0) is 15.4. The van der Waals surface area contributed by atoms with Gasteiger partial charge in [-0.2, -0.15) is 0 Å². The average Bonchev–Trinajstić information content (AvgIpc) is 2.97. The van der Waals surface area contributed by atoms with Crippen LogP contribution in [0.4, 0.5) is 4.39 Å². The minimum Gasteiger partial charge on any atom is -0.308 e. The third-order valence-electron chi connectivity index (χ3n) is 3.99. The fourth-order valence-corrected chi connectivity index (χ4v) is 2.62. The van der Waals surface area contributed by atoms with Crippen LogP contribution < -0.4 is 5.32 Å². The number of hydrogen-bond donors (Lipinski definition) is 1. The van der Waals surface area contributed by atoms with Crippen molar-refractivity contribution >= 4 is 0 Å². The Morgan fingerprint density at radius 2 is 2.09 bits per heavy atom. The molecule has 0 bridgehead atoms. The second-order valence-electron chi connectivity index (χ2n) is 5.83. The second kappa shape index (κ2) is 6.93. The smallest absolute Gasteiger partial charge is 0.141 e. The van der Waals surface area contributed by atoms with E-state index in [0.29, 0.717) is 12.6 Å². The summed E-state index contributed by atoms with van der Waals surface area (Å²) in [5.74, 6) is -0.328. The predicted octanol–water partition coefficient (Wildman–Crippen LogP) is 1.04. The van der Waals surface area contributed by atoms with Gasteiger partial charge < -0.3 is 10.2 Å². The molecule has 2 aromatic rings. The highest BCUT2D eigenvalue weighted by Crippen LogP contribution is 2.09. The summed E-state index contributed by atoms with van der Waals surface area (Å²) < 4.78 is 14.6. The number of rotatable bonds is 5. The van der Waals surface area contributed by atoms with Gasteiger partial charge in [-0.25, -0.2) is 9.07 Å². The van der Waals surface area contributed by atoms with Crippen LogP contribution in [0.1, 0.15) is 24.2 Å². The SMILES string of the molecule is CN1CCC(NCc2cn(Cc3ccc(F)cn3)nn2)CC1. The molecule has 22 heavy (non-hydrogen) atoms. The number of hydrogen-bond acceptors (Lipinski definition) is 5. The van der Waals surface area contributed by atoms with Gasteiger partial charge in [0.25, 0.3) is 0 Å². The first kappa shape index (κ1) is 15.1. The van der Waals surface area contributed by atoms with Crippen LogP contribution in [0.3, 0.4) is 0 Å². The molecule has 1 aliphatic rings. The fraction of sp³-hybridized carbons (Fsp3) is 0.533. The van der Waals surface area contributed by atoms with Gasteiger partial charge in [-0.3, -0.25) is 4.98 Å². The summed E-state index contributed by atoms with van der Waals surface area (Å²) >= 11 is 0. The molecule has 0 aliphatic carbocycles. The number of nitrogens with zero attached hydrogens (tertiary/aromatic N) is 5. The lowest BCUT2D eigenvalue weighted by atomic mass is 10.1. The van der Waals surface area contributed by atoms with Crippen LogP contribution >= 0.6 is 0 Å². The molecule has 0 spiro atoms. The molecule has 7 heteroatoms. The molecule has 3 heterocycles. The molecule has 1 N–H and O–H groups in total. The van der Waals surface area contributed by atoms with Crippen LogP contribution in [-0.4, -0.2) is 51.1 Å². The molecule has 1 saturated heterocycles. The standard InChI is InChI=1S/C15H21FN6/c1-21-6-4-13(5-7-21)18-9-15-11-22(20-19-15)10-14-3-2-12(16)8-17-14/h2-3,8,11,13,18H,4-7,9-10H2,1H3. The topological polar surface area (TPSA) is 58.9 Å². The summed E-state index contributed by atoms with van der Waals surface area (Å²) in [6.07, 6.45) is 5.47. The van der Waals surface area contributed by atoms with Crippen molar-refractivity contribution in [2.45, 2.75) is 32.0 Å². The quantitative estimate of drug-likeness (QED) is 0.894. The monoisotopic (exact) mass is 304 g/mol. The van der Waals surface area contributed by atoms with Crippen LogP contribution in [0.5, 0.6) is 0 Å². The van der Waals surface area contributed by atoms with Crippen molar-refractivity contribution < 1.29 is 4.39 Å². The van der Waals surface area contributed by atoms with Crippen LogP contribution in [-0.2, 0) is 13.1 Å². The minimum absolute atomic E-state index is 0.328. The highest BCUT2D eigenvalue weighted by Gasteiger charge is 2.16. The van der Waals surface area contributed by atoms with Crippen molar-refractivity contribution in [1.29, 1.82) is 0 Å². The van der Waals surface area contributed by atoms with Crippen LogP contribution in [0.15, 0.2) is 24.5 Å². The predicted molar refractivity (Wildman–Crippen MR) is 80.7 cm³/mol. The number of halogens is 1. The summed E-state index contributed by atoms with van der Waals surface area (Å²) in [7, 11) is 2.16. The third kappa shape index (κ3) is 4.08. The van der Waals surface area contributed by atoms with Crippen LogP contribution in [0.25, 0.3) is 0 Å². The van der Waals surface area contributed by atoms with Crippen LogP contribution in [0, 0.1) is 5.82 Å². The number of nitrogens with one attached hydrogen (secondary N) is 1. The van der Waals surface area contributed by atoms with E-state index in [-0.39, 0.29) is 5.82 Å². The highest BCUT2D eigenvalue weighted by molar-refractivity contribution is 5.06. The lowest BCUT2D eigenvalue weighted by molar-refractivity contribution is 0.233. The fourth-order valence-electron chi connectivity index (χ4n) is 2.62. The summed E-state index contributed by atoms with van der Waals surface area (Å²) in [4.78, 5) is 6.38. The number of pyridine rings is 1. The second-order valence-corrected chi connectivity index (χ2v) is 5.83. The zero-order valence-corrected chi connectivity index (χ0v) is 12.7. The molecule has 0 radical (unpaired) electrons. The maximum atomic E-state index is 12.8. The maximum Gasteiger partial charge on any atom is 0.141 e. The van der Waals surface area contributed by atoms with Crippen molar-refractivity contribution in [2.24, 2.45) is 0 Å². The van der Waals surface area contributed by atoms with E-state index in [1.165, 1.54) is 25.1 Å². The molecule has 0 amide bonds. The van der Waals surface area contributed by atoms with Crippen molar-refractivity contribution in [3.8, 4) is 0 Å². The van der Waals surface area contributed by atoms with Crippen molar-refractivity contribution in [2.75, 3.05) is 20.1 Å². The van der Waals surface area contributed by atoms with E-state index in [1.54, 1.807) is 10.7 Å². The van der Waals surface area contributed by atoms with Crippen molar-refractivity contribution in [3.05, 3.63) is 41.7 Å². The van der Waals surface area contributed by atoms with Gasteiger partial charge in [-0.05, 0) is 45.1 Å². The maximum absolute atomic E-state index is 12.8. The summed E-state index contributed by atoms with van der Waals surface area (Å²) in [5.41, 5.74) is 1.68. The molecular formula is C15H21FN6. The Morgan fingerprint density at radius 3 is 2.82 bits per heavy atom. The van der Waals surface area contributed by atoms with E-state index in [2.05, 4.69) is 32.6 Å². The molecule has 6 nitrogen and oxygen atoms in total. The van der Waals surface area contributed by atoms with E-state index >= 15 is 0 Å². The molecular weight excluding hydrogens is 283 g/mol. The summed E-state index contributed by atoms with van der Waals surface area (Å²) in [6.45, 7) is 3.51. The Morgan fingerprint density at radius 1 is 1.27 bits per heavy atom. The van der Waals surface area contributed by atoms with Crippen LogP contribution in [0.2, 0.25) is 0 Å². The van der Waals surface area contributed by atoms with Gasteiger partial charge in [0.1, 0.15) is 5.82 Å². The Labute approximate surface area is 129 Å². The van der Waals surface area contributed by atoms with E-state index < -0.39 is 0 Å². The van der Waals surface area contributed by atoms with E-state index in [0.717, 1.165) is 31.0 Å². The Hall–Kier alpha value is -1.86. The first-order valence-electron chi connectivity index (χ1n) is 7.60. The van der Waals surface area contributed by atoms with E-state index in [1.807, 2.05) is 6.20 Å². The van der Waals surface area contributed by atoms with Crippen molar-refractivity contribution in [1.82, 2.24) is 30.2 Å². The van der Waals surface area contributed by atoms with Gasteiger partial charge in [-0.15, -0.1) is 5.10 Å². The summed E-state index contributed by atoms with van der Waals surface area (Å²) in [6, 6.07) is 3.62. The summed E-state index contributed by atoms with van der Waals surface area (Å²) in [5, 5.41) is 11.8. The van der Waals surface area contributed by atoms with Crippen molar-refractivity contribution in [3.63, 3.8) is 0 Å².